The Morgan fingerprint density at radius 1 is 1.50 bits per heavy atom. The van der Waals surface area contributed by atoms with Gasteiger partial charge < -0.3 is 10.1 Å². The fraction of sp³-hybridized carbons (Fsp3) is 0.500. The van der Waals surface area contributed by atoms with Gasteiger partial charge in [0.15, 0.2) is 0 Å². The number of ether oxygens (including phenoxy) is 1. The quantitative estimate of drug-likeness (QED) is 0.739. The van der Waals surface area contributed by atoms with Crippen LogP contribution in [0.25, 0.3) is 0 Å². The second-order valence-electron chi connectivity index (χ2n) is 4.96. The maximum Gasteiger partial charge on any atom is 0.226 e. The molecule has 4 nitrogen and oxygen atoms in total. The summed E-state index contributed by atoms with van der Waals surface area (Å²) in [4.78, 5) is 11.7. The first kappa shape index (κ1) is 16.2. The minimum Gasteiger partial charge on any atom is -0.381 e. The largest absolute Gasteiger partial charge is 0.381 e. The molecule has 0 heterocycles. The molecule has 0 spiro atoms. The summed E-state index contributed by atoms with van der Waals surface area (Å²) in [5.74, 6) is 0.443. The Balaban J connectivity index is 2.25. The molecule has 0 bridgehead atoms. The van der Waals surface area contributed by atoms with Crippen molar-refractivity contribution < 1.29 is 9.53 Å². The minimum absolute atomic E-state index is 0.0942. The zero-order valence-corrected chi connectivity index (χ0v) is 12.2. The molecule has 0 saturated carbocycles. The molecule has 1 aromatic carbocycles. The number of benzene rings is 1. The van der Waals surface area contributed by atoms with Gasteiger partial charge in [-0.05, 0) is 30.5 Å². The highest BCUT2D eigenvalue weighted by molar-refractivity contribution is 5.90. The van der Waals surface area contributed by atoms with Crippen LogP contribution < -0.4 is 5.32 Å². The standard InChI is InChI=1S/C16H22N2O2/c1-3-5-13(2)12-20-9-8-16(19)18-15-7-4-6-14(10-15)11-17/h4,6-7,10,13H,3,5,8-9,12H2,1-2H3,(H,18,19). The van der Waals surface area contributed by atoms with Crippen molar-refractivity contribution in [1.29, 1.82) is 5.26 Å². The van der Waals surface area contributed by atoms with Crippen LogP contribution in [0.3, 0.4) is 0 Å². The van der Waals surface area contributed by atoms with E-state index in [0.717, 1.165) is 12.8 Å². The van der Waals surface area contributed by atoms with E-state index in [0.29, 0.717) is 36.8 Å². The molecular formula is C16H22N2O2. The molecular weight excluding hydrogens is 252 g/mol. The van der Waals surface area contributed by atoms with Crippen molar-refractivity contribution in [2.45, 2.75) is 33.1 Å². The molecule has 20 heavy (non-hydrogen) atoms. The first-order valence-electron chi connectivity index (χ1n) is 7.03. The van der Waals surface area contributed by atoms with Gasteiger partial charge in [-0.1, -0.05) is 26.3 Å². The molecule has 1 atom stereocenters. The summed E-state index contributed by atoms with van der Waals surface area (Å²) < 4.78 is 5.49. The lowest BCUT2D eigenvalue weighted by Gasteiger charge is -2.10. The number of nitrogens with zero attached hydrogens (tertiary/aromatic N) is 1. The highest BCUT2D eigenvalue weighted by atomic mass is 16.5. The van der Waals surface area contributed by atoms with E-state index in [2.05, 4.69) is 19.2 Å². The maximum atomic E-state index is 11.7. The van der Waals surface area contributed by atoms with Crippen LogP contribution in [0.1, 0.15) is 38.7 Å². The number of carbonyl (C=O) groups is 1. The smallest absolute Gasteiger partial charge is 0.226 e. The van der Waals surface area contributed by atoms with Crippen LogP contribution in [0.4, 0.5) is 5.69 Å². The average Bonchev–Trinajstić information content (AvgIpc) is 2.44. The number of carbonyl (C=O) groups excluding carboxylic acids is 1. The van der Waals surface area contributed by atoms with Crippen LogP contribution in [-0.2, 0) is 9.53 Å². The molecule has 4 heteroatoms. The van der Waals surface area contributed by atoms with Crippen molar-refractivity contribution in [3.05, 3.63) is 29.8 Å². The van der Waals surface area contributed by atoms with Crippen LogP contribution in [0.5, 0.6) is 0 Å². The molecule has 1 N–H and O–H groups in total. The number of rotatable bonds is 8. The fourth-order valence-electron chi connectivity index (χ4n) is 1.92. The van der Waals surface area contributed by atoms with Gasteiger partial charge in [-0.25, -0.2) is 0 Å². The molecule has 0 saturated heterocycles. The predicted octanol–water partition coefficient (Wildman–Crippen LogP) is 3.34. The minimum atomic E-state index is -0.0942. The molecule has 1 rings (SSSR count). The third-order valence-corrected chi connectivity index (χ3v) is 2.93. The molecule has 0 fully saturated rings. The van der Waals surface area contributed by atoms with Crippen LogP contribution in [0, 0.1) is 17.2 Å². The van der Waals surface area contributed by atoms with Gasteiger partial charge in [0.2, 0.25) is 5.91 Å². The number of hydrogen-bond donors (Lipinski definition) is 1. The zero-order valence-electron chi connectivity index (χ0n) is 12.2. The van der Waals surface area contributed by atoms with E-state index >= 15 is 0 Å². The maximum absolute atomic E-state index is 11.7. The number of hydrogen-bond acceptors (Lipinski definition) is 3. The molecule has 1 aromatic rings. The fourth-order valence-corrected chi connectivity index (χ4v) is 1.92. The summed E-state index contributed by atoms with van der Waals surface area (Å²) in [6, 6.07) is 8.91. The van der Waals surface area contributed by atoms with E-state index in [4.69, 9.17) is 10.00 Å². The van der Waals surface area contributed by atoms with E-state index in [1.807, 2.05) is 6.07 Å². The Labute approximate surface area is 120 Å². The molecule has 0 aliphatic heterocycles. The lowest BCUT2D eigenvalue weighted by Crippen LogP contribution is -2.15. The number of nitriles is 1. The summed E-state index contributed by atoms with van der Waals surface area (Å²) in [7, 11) is 0. The van der Waals surface area contributed by atoms with Crippen molar-refractivity contribution in [2.75, 3.05) is 18.5 Å². The van der Waals surface area contributed by atoms with Gasteiger partial charge in [0.25, 0.3) is 0 Å². The lowest BCUT2D eigenvalue weighted by atomic mass is 10.1. The first-order chi connectivity index (χ1) is 9.65. The van der Waals surface area contributed by atoms with E-state index in [9.17, 15) is 4.79 Å². The van der Waals surface area contributed by atoms with E-state index < -0.39 is 0 Å². The van der Waals surface area contributed by atoms with Gasteiger partial charge in [0.05, 0.1) is 24.7 Å². The highest BCUT2D eigenvalue weighted by Crippen LogP contribution is 2.10. The highest BCUT2D eigenvalue weighted by Gasteiger charge is 2.05. The molecule has 0 aliphatic carbocycles. The molecule has 1 unspecified atom stereocenters. The van der Waals surface area contributed by atoms with Gasteiger partial charge in [-0.15, -0.1) is 0 Å². The SMILES string of the molecule is CCCC(C)COCCC(=O)Nc1cccc(C#N)c1. The third kappa shape index (κ3) is 6.35. The van der Waals surface area contributed by atoms with Gasteiger partial charge in [-0.2, -0.15) is 5.26 Å². The van der Waals surface area contributed by atoms with Crippen molar-refractivity contribution in [1.82, 2.24) is 0 Å². The third-order valence-electron chi connectivity index (χ3n) is 2.93. The number of amides is 1. The van der Waals surface area contributed by atoms with E-state index in [1.54, 1.807) is 24.3 Å². The van der Waals surface area contributed by atoms with Crippen molar-refractivity contribution in [2.24, 2.45) is 5.92 Å². The Bertz CT molecular complexity index is 466. The monoisotopic (exact) mass is 274 g/mol. The summed E-state index contributed by atoms with van der Waals surface area (Å²) in [6.07, 6.45) is 2.63. The van der Waals surface area contributed by atoms with Crippen molar-refractivity contribution >= 4 is 11.6 Å². The summed E-state index contributed by atoms with van der Waals surface area (Å²) in [5, 5.41) is 11.5. The molecule has 0 aliphatic rings. The second-order valence-corrected chi connectivity index (χ2v) is 4.96. The summed E-state index contributed by atoms with van der Waals surface area (Å²) in [6.45, 7) is 5.43. The number of nitrogens with one attached hydrogen (secondary N) is 1. The van der Waals surface area contributed by atoms with Gasteiger partial charge in [-0.3, -0.25) is 4.79 Å². The number of anilines is 1. The van der Waals surface area contributed by atoms with E-state index in [1.165, 1.54) is 0 Å². The summed E-state index contributed by atoms with van der Waals surface area (Å²) in [5.41, 5.74) is 1.18. The van der Waals surface area contributed by atoms with Crippen LogP contribution >= 0.6 is 0 Å². The van der Waals surface area contributed by atoms with Crippen LogP contribution in [0.2, 0.25) is 0 Å². The van der Waals surface area contributed by atoms with Crippen molar-refractivity contribution in [3.8, 4) is 6.07 Å². The molecule has 1 amide bonds. The van der Waals surface area contributed by atoms with Crippen LogP contribution in [0.15, 0.2) is 24.3 Å². The Morgan fingerprint density at radius 3 is 3.00 bits per heavy atom. The second kappa shape index (κ2) is 9.11. The average molecular weight is 274 g/mol. The molecule has 0 aromatic heterocycles. The zero-order chi connectivity index (χ0) is 14.8. The Hall–Kier alpha value is -1.86. The summed E-state index contributed by atoms with van der Waals surface area (Å²) >= 11 is 0. The Kier molecular flexibility index (Phi) is 7.38. The topological polar surface area (TPSA) is 62.1 Å². The van der Waals surface area contributed by atoms with Gasteiger partial charge in [0.1, 0.15) is 0 Å². The van der Waals surface area contributed by atoms with Crippen molar-refractivity contribution in [3.63, 3.8) is 0 Å². The van der Waals surface area contributed by atoms with Gasteiger partial charge >= 0.3 is 0 Å². The molecule has 0 radical (unpaired) electrons. The Morgan fingerprint density at radius 2 is 2.30 bits per heavy atom. The normalized spacial score (nSPS) is 11.7. The van der Waals surface area contributed by atoms with Gasteiger partial charge in [0, 0.05) is 12.3 Å². The van der Waals surface area contributed by atoms with E-state index in [-0.39, 0.29) is 5.91 Å². The first-order valence-corrected chi connectivity index (χ1v) is 7.03. The molecule has 108 valence electrons. The predicted molar refractivity (Wildman–Crippen MR) is 79.3 cm³/mol. The van der Waals surface area contributed by atoms with Crippen LogP contribution in [-0.4, -0.2) is 19.1 Å². The lowest BCUT2D eigenvalue weighted by molar-refractivity contribution is -0.117.